The third-order valence-electron chi connectivity index (χ3n) is 6.38. The van der Waals surface area contributed by atoms with Crippen LogP contribution in [0.1, 0.15) is 41.6 Å². The molecule has 1 N–H and O–H groups in total. The van der Waals surface area contributed by atoms with Crippen LogP contribution in [-0.4, -0.2) is 73.6 Å². The van der Waals surface area contributed by atoms with E-state index in [0.29, 0.717) is 30.1 Å². The molecular weight excluding hydrogens is 380 g/mol. The summed E-state index contributed by atoms with van der Waals surface area (Å²) in [6.45, 7) is 5.30. The highest BCUT2D eigenvalue weighted by Crippen LogP contribution is 2.31. The Labute approximate surface area is 178 Å². The second-order valence-corrected chi connectivity index (χ2v) is 8.82. The lowest BCUT2D eigenvalue weighted by atomic mass is 9.95. The Morgan fingerprint density at radius 3 is 2.47 bits per heavy atom. The van der Waals surface area contributed by atoms with E-state index in [0.717, 1.165) is 38.4 Å². The molecule has 7 heteroatoms. The summed E-state index contributed by atoms with van der Waals surface area (Å²) in [6, 6.07) is 8.58. The Balaban J connectivity index is 1.21. The van der Waals surface area contributed by atoms with Crippen LogP contribution in [0.15, 0.2) is 24.3 Å². The van der Waals surface area contributed by atoms with Crippen molar-refractivity contribution in [2.45, 2.75) is 31.8 Å². The Morgan fingerprint density at radius 2 is 1.80 bits per heavy atom. The fourth-order valence-electron chi connectivity index (χ4n) is 4.31. The molecule has 2 amide bonds. The standard InChI is InChI=1S/C23H30N4O3/c24-11-17-3-5-20(6-4-17)23(29)25-12-21-15-27(22(28)16-30-21)14-19-7-9-26(10-8-19)13-18-1-2-18/h3-6,18-19,21H,1-2,7-10,12-16H2,(H,25,29)/t21-/m1/s1. The molecule has 1 aromatic rings. The summed E-state index contributed by atoms with van der Waals surface area (Å²) in [6.07, 6.45) is 4.89. The van der Waals surface area contributed by atoms with Gasteiger partial charge in [0.25, 0.3) is 5.91 Å². The molecule has 1 saturated carbocycles. The van der Waals surface area contributed by atoms with Gasteiger partial charge in [0.15, 0.2) is 0 Å². The van der Waals surface area contributed by atoms with Crippen molar-refractivity contribution in [1.82, 2.24) is 15.1 Å². The Morgan fingerprint density at radius 1 is 1.10 bits per heavy atom. The number of piperidine rings is 1. The number of morpholine rings is 1. The number of amides is 2. The van der Waals surface area contributed by atoms with Gasteiger partial charge in [0, 0.05) is 31.7 Å². The quantitative estimate of drug-likeness (QED) is 0.739. The molecule has 0 radical (unpaired) electrons. The number of nitrogens with zero attached hydrogens (tertiary/aromatic N) is 3. The molecule has 0 unspecified atom stereocenters. The molecule has 7 nitrogen and oxygen atoms in total. The number of ether oxygens (including phenoxy) is 1. The second kappa shape index (κ2) is 9.59. The molecule has 0 bridgehead atoms. The van der Waals surface area contributed by atoms with Gasteiger partial charge in [-0.3, -0.25) is 9.59 Å². The number of likely N-dealkylation sites (tertiary alicyclic amines) is 1. The number of rotatable bonds is 7. The van der Waals surface area contributed by atoms with E-state index < -0.39 is 0 Å². The summed E-state index contributed by atoms with van der Waals surface area (Å²) in [7, 11) is 0. The van der Waals surface area contributed by atoms with E-state index in [2.05, 4.69) is 10.2 Å². The third kappa shape index (κ3) is 5.59. The van der Waals surface area contributed by atoms with Crippen LogP contribution in [0.4, 0.5) is 0 Å². The maximum absolute atomic E-state index is 12.3. The van der Waals surface area contributed by atoms with Gasteiger partial charge in [-0.2, -0.15) is 5.26 Å². The first-order valence-electron chi connectivity index (χ1n) is 11.0. The minimum atomic E-state index is -0.199. The minimum absolute atomic E-state index is 0.0464. The smallest absolute Gasteiger partial charge is 0.251 e. The fraction of sp³-hybridized carbons (Fsp3) is 0.609. The molecule has 0 spiro atoms. The SMILES string of the molecule is N#Cc1ccc(C(=O)NC[C@@H]2CN(CC3CCN(CC4CC4)CC3)C(=O)CO2)cc1. The van der Waals surface area contributed by atoms with E-state index in [-0.39, 0.29) is 24.5 Å². The van der Waals surface area contributed by atoms with Crippen LogP contribution in [0.3, 0.4) is 0 Å². The molecular formula is C23H30N4O3. The van der Waals surface area contributed by atoms with Crippen molar-refractivity contribution in [1.29, 1.82) is 5.26 Å². The summed E-state index contributed by atoms with van der Waals surface area (Å²) in [5, 5.41) is 11.7. The highest BCUT2D eigenvalue weighted by Gasteiger charge is 2.31. The van der Waals surface area contributed by atoms with E-state index in [1.807, 2.05) is 11.0 Å². The molecule has 2 saturated heterocycles. The number of carbonyl (C=O) groups excluding carboxylic acids is 2. The zero-order valence-corrected chi connectivity index (χ0v) is 17.4. The molecule has 2 heterocycles. The van der Waals surface area contributed by atoms with Crippen molar-refractivity contribution in [3.8, 4) is 6.07 Å². The maximum Gasteiger partial charge on any atom is 0.251 e. The summed E-state index contributed by atoms with van der Waals surface area (Å²) in [4.78, 5) is 29.2. The van der Waals surface area contributed by atoms with Gasteiger partial charge in [-0.15, -0.1) is 0 Å². The lowest BCUT2D eigenvalue weighted by Gasteiger charge is -2.38. The predicted octanol–water partition coefficient (Wildman–Crippen LogP) is 1.64. The van der Waals surface area contributed by atoms with Crippen LogP contribution >= 0.6 is 0 Å². The van der Waals surface area contributed by atoms with Crippen LogP contribution in [0.5, 0.6) is 0 Å². The monoisotopic (exact) mass is 410 g/mol. The van der Waals surface area contributed by atoms with E-state index >= 15 is 0 Å². The molecule has 30 heavy (non-hydrogen) atoms. The van der Waals surface area contributed by atoms with Crippen molar-refractivity contribution < 1.29 is 14.3 Å². The Hall–Kier alpha value is -2.43. The largest absolute Gasteiger partial charge is 0.365 e. The molecule has 2 aliphatic heterocycles. The van der Waals surface area contributed by atoms with Gasteiger partial charge in [0.2, 0.25) is 5.91 Å². The molecule has 0 aromatic heterocycles. The zero-order chi connectivity index (χ0) is 20.9. The van der Waals surface area contributed by atoms with Crippen LogP contribution in [0.25, 0.3) is 0 Å². The number of carbonyl (C=O) groups is 2. The number of nitrogens with one attached hydrogen (secondary N) is 1. The van der Waals surface area contributed by atoms with Crippen LogP contribution in [0, 0.1) is 23.2 Å². The second-order valence-electron chi connectivity index (χ2n) is 8.82. The lowest BCUT2D eigenvalue weighted by molar-refractivity contribution is -0.149. The van der Waals surface area contributed by atoms with Gasteiger partial charge in [0.05, 0.1) is 17.7 Å². The van der Waals surface area contributed by atoms with Gasteiger partial charge in [-0.05, 0) is 74.9 Å². The molecule has 160 valence electrons. The van der Waals surface area contributed by atoms with E-state index in [9.17, 15) is 9.59 Å². The Kier molecular flexibility index (Phi) is 6.66. The van der Waals surface area contributed by atoms with Crippen molar-refractivity contribution in [2.75, 3.05) is 45.9 Å². The number of nitriles is 1. The zero-order valence-electron chi connectivity index (χ0n) is 17.4. The minimum Gasteiger partial charge on any atom is -0.365 e. The number of hydrogen-bond donors (Lipinski definition) is 1. The summed E-state index contributed by atoms with van der Waals surface area (Å²) < 4.78 is 5.64. The van der Waals surface area contributed by atoms with Gasteiger partial charge in [-0.1, -0.05) is 0 Å². The van der Waals surface area contributed by atoms with Gasteiger partial charge < -0.3 is 19.9 Å². The van der Waals surface area contributed by atoms with E-state index in [1.54, 1.807) is 24.3 Å². The molecule has 3 aliphatic rings. The predicted molar refractivity (Wildman–Crippen MR) is 112 cm³/mol. The van der Waals surface area contributed by atoms with Crippen molar-refractivity contribution in [3.63, 3.8) is 0 Å². The summed E-state index contributed by atoms with van der Waals surface area (Å²) >= 11 is 0. The van der Waals surface area contributed by atoms with E-state index in [4.69, 9.17) is 10.00 Å². The van der Waals surface area contributed by atoms with E-state index in [1.165, 1.54) is 19.4 Å². The highest BCUT2D eigenvalue weighted by atomic mass is 16.5. The van der Waals surface area contributed by atoms with Gasteiger partial charge in [-0.25, -0.2) is 0 Å². The first-order chi connectivity index (χ1) is 14.6. The average molecular weight is 411 g/mol. The maximum atomic E-state index is 12.3. The molecule has 3 fully saturated rings. The topological polar surface area (TPSA) is 85.7 Å². The van der Waals surface area contributed by atoms with Gasteiger partial charge >= 0.3 is 0 Å². The first-order valence-corrected chi connectivity index (χ1v) is 11.0. The molecule has 1 aromatic carbocycles. The summed E-state index contributed by atoms with van der Waals surface area (Å²) in [5.41, 5.74) is 1.03. The third-order valence-corrected chi connectivity index (χ3v) is 6.38. The van der Waals surface area contributed by atoms with Crippen LogP contribution in [-0.2, 0) is 9.53 Å². The van der Waals surface area contributed by atoms with Crippen LogP contribution < -0.4 is 5.32 Å². The molecule has 4 rings (SSSR count). The first kappa shape index (κ1) is 20.8. The van der Waals surface area contributed by atoms with Crippen LogP contribution in [0.2, 0.25) is 0 Å². The Bertz CT molecular complexity index is 792. The molecule has 1 atom stereocenters. The van der Waals surface area contributed by atoms with Crippen molar-refractivity contribution in [2.24, 2.45) is 11.8 Å². The number of benzene rings is 1. The van der Waals surface area contributed by atoms with Gasteiger partial charge in [0.1, 0.15) is 6.61 Å². The van der Waals surface area contributed by atoms with Crippen molar-refractivity contribution in [3.05, 3.63) is 35.4 Å². The molecule has 1 aliphatic carbocycles. The normalized spacial score (nSPS) is 23.2. The average Bonchev–Trinajstić information content (AvgIpc) is 3.59. The summed E-state index contributed by atoms with van der Waals surface area (Å²) in [5.74, 6) is 1.33. The van der Waals surface area contributed by atoms with Crippen molar-refractivity contribution >= 4 is 11.8 Å². The fourth-order valence-corrected chi connectivity index (χ4v) is 4.31. The highest BCUT2D eigenvalue weighted by molar-refractivity contribution is 5.94. The lowest BCUT2D eigenvalue weighted by Crippen LogP contribution is -2.52. The number of hydrogen-bond acceptors (Lipinski definition) is 5.